The van der Waals surface area contributed by atoms with Crippen LogP contribution < -0.4 is 5.73 Å². The van der Waals surface area contributed by atoms with Crippen molar-refractivity contribution in [3.63, 3.8) is 0 Å². The first-order chi connectivity index (χ1) is 8.36. The molecule has 3 N–H and O–H groups in total. The van der Waals surface area contributed by atoms with Crippen LogP contribution in [0, 0.1) is 0 Å². The number of H-pyrrole nitrogens is 1. The SMILES string of the molecule is Nc1n[nH]c(-c2ccsc2)c1-c1ccccc1. The van der Waals surface area contributed by atoms with Gasteiger partial charge < -0.3 is 5.73 Å². The van der Waals surface area contributed by atoms with Crippen LogP contribution in [0.25, 0.3) is 22.4 Å². The molecule has 2 aromatic heterocycles. The third-order valence-corrected chi connectivity index (χ3v) is 3.35. The van der Waals surface area contributed by atoms with Crippen molar-refractivity contribution in [3.8, 4) is 22.4 Å². The van der Waals surface area contributed by atoms with Gasteiger partial charge in [0.15, 0.2) is 5.82 Å². The number of aromatic amines is 1. The van der Waals surface area contributed by atoms with Gasteiger partial charge >= 0.3 is 0 Å². The van der Waals surface area contributed by atoms with E-state index < -0.39 is 0 Å². The Balaban J connectivity index is 2.20. The van der Waals surface area contributed by atoms with Crippen LogP contribution in [0.3, 0.4) is 0 Å². The summed E-state index contributed by atoms with van der Waals surface area (Å²) in [6.45, 7) is 0. The summed E-state index contributed by atoms with van der Waals surface area (Å²) in [5.74, 6) is 0.539. The average Bonchev–Trinajstić information content (AvgIpc) is 2.98. The molecule has 0 amide bonds. The molecule has 17 heavy (non-hydrogen) atoms. The van der Waals surface area contributed by atoms with Crippen LogP contribution in [0.15, 0.2) is 47.2 Å². The Morgan fingerprint density at radius 2 is 1.88 bits per heavy atom. The van der Waals surface area contributed by atoms with Gasteiger partial charge in [0.2, 0.25) is 0 Å². The van der Waals surface area contributed by atoms with Crippen LogP contribution in [0.2, 0.25) is 0 Å². The number of anilines is 1. The van der Waals surface area contributed by atoms with Gasteiger partial charge in [-0.2, -0.15) is 16.4 Å². The van der Waals surface area contributed by atoms with E-state index in [9.17, 15) is 0 Å². The lowest BCUT2D eigenvalue weighted by molar-refractivity contribution is 1.10. The molecule has 1 aromatic carbocycles. The molecule has 0 aliphatic carbocycles. The molecular formula is C13H11N3S. The Bertz CT molecular complexity index is 611. The van der Waals surface area contributed by atoms with Crippen molar-refractivity contribution in [3.05, 3.63) is 47.2 Å². The molecule has 0 atom stereocenters. The summed E-state index contributed by atoms with van der Waals surface area (Å²) in [6, 6.07) is 12.1. The van der Waals surface area contributed by atoms with Crippen LogP contribution in [0.4, 0.5) is 5.82 Å². The van der Waals surface area contributed by atoms with E-state index in [2.05, 4.69) is 21.6 Å². The fraction of sp³-hybridized carbons (Fsp3) is 0. The van der Waals surface area contributed by atoms with Crippen LogP contribution in [0.5, 0.6) is 0 Å². The van der Waals surface area contributed by atoms with Crippen LogP contribution in [-0.2, 0) is 0 Å². The monoisotopic (exact) mass is 241 g/mol. The number of nitrogens with zero attached hydrogens (tertiary/aromatic N) is 1. The first-order valence-electron chi connectivity index (χ1n) is 5.28. The highest BCUT2D eigenvalue weighted by atomic mass is 32.1. The maximum absolute atomic E-state index is 5.94. The van der Waals surface area contributed by atoms with E-state index in [0.717, 1.165) is 22.4 Å². The van der Waals surface area contributed by atoms with Gasteiger partial charge in [0, 0.05) is 10.9 Å². The summed E-state index contributed by atoms with van der Waals surface area (Å²) in [4.78, 5) is 0. The van der Waals surface area contributed by atoms with E-state index in [-0.39, 0.29) is 0 Å². The van der Waals surface area contributed by atoms with E-state index in [1.807, 2.05) is 35.7 Å². The number of hydrogen-bond donors (Lipinski definition) is 2. The van der Waals surface area contributed by atoms with Gasteiger partial charge in [0.25, 0.3) is 0 Å². The van der Waals surface area contributed by atoms with Crippen molar-refractivity contribution >= 4 is 17.2 Å². The molecule has 0 bridgehead atoms. The van der Waals surface area contributed by atoms with Crippen LogP contribution in [0.1, 0.15) is 0 Å². The molecule has 0 aliphatic rings. The molecule has 2 heterocycles. The van der Waals surface area contributed by atoms with Crippen molar-refractivity contribution in [2.24, 2.45) is 0 Å². The summed E-state index contributed by atoms with van der Waals surface area (Å²) >= 11 is 1.66. The second kappa shape index (κ2) is 4.07. The lowest BCUT2D eigenvalue weighted by Gasteiger charge is -2.02. The second-order valence-electron chi connectivity index (χ2n) is 3.74. The van der Waals surface area contributed by atoms with Gasteiger partial charge in [-0.3, -0.25) is 5.10 Å². The standard InChI is InChI=1S/C13H11N3S/c14-13-11(9-4-2-1-3-5-9)12(15-16-13)10-6-7-17-8-10/h1-8H,(H3,14,15,16). The minimum atomic E-state index is 0.539. The molecule has 3 nitrogen and oxygen atoms in total. The zero-order valence-corrected chi connectivity index (χ0v) is 9.87. The lowest BCUT2D eigenvalue weighted by Crippen LogP contribution is -1.88. The highest BCUT2D eigenvalue weighted by molar-refractivity contribution is 7.08. The first kappa shape index (κ1) is 10.1. The minimum absolute atomic E-state index is 0.539. The van der Waals surface area contributed by atoms with E-state index in [0.29, 0.717) is 5.82 Å². The van der Waals surface area contributed by atoms with Crippen molar-refractivity contribution in [2.45, 2.75) is 0 Å². The lowest BCUT2D eigenvalue weighted by atomic mass is 10.0. The van der Waals surface area contributed by atoms with E-state index in [1.165, 1.54) is 0 Å². The number of aromatic nitrogens is 2. The Labute approximate surface area is 103 Å². The number of hydrogen-bond acceptors (Lipinski definition) is 3. The van der Waals surface area contributed by atoms with Crippen molar-refractivity contribution in [2.75, 3.05) is 5.73 Å². The third-order valence-electron chi connectivity index (χ3n) is 2.67. The maximum Gasteiger partial charge on any atom is 0.153 e. The zero-order valence-electron chi connectivity index (χ0n) is 9.05. The largest absolute Gasteiger partial charge is 0.382 e. The molecular weight excluding hydrogens is 230 g/mol. The quantitative estimate of drug-likeness (QED) is 0.722. The molecule has 0 radical (unpaired) electrons. The fourth-order valence-electron chi connectivity index (χ4n) is 1.87. The fourth-order valence-corrected chi connectivity index (χ4v) is 2.52. The Morgan fingerprint density at radius 1 is 1.06 bits per heavy atom. The number of nitrogens with one attached hydrogen (secondary N) is 1. The van der Waals surface area contributed by atoms with Crippen molar-refractivity contribution in [1.29, 1.82) is 0 Å². The molecule has 0 saturated carbocycles. The van der Waals surface area contributed by atoms with Gasteiger partial charge in [-0.15, -0.1) is 0 Å². The number of rotatable bonds is 2. The van der Waals surface area contributed by atoms with Crippen LogP contribution in [-0.4, -0.2) is 10.2 Å². The number of nitrogens with two attached hydrogens (primary N) is 1. The predicted octanol–water partition coefficient (Wildman–Crippen LogP) is 3.39. The molecule has 0 unspecified atom stereocenters. The Morgan fingerprint density at radius 3 is 2.59 bits per heavy atom. The molecule has 84 valence electrons. The summed E-state index contributed by atoms with van der Waals surface area (Å²) in [5, 5.41) is 11.2. The summed E-state index contributed by atoms with van der Waals surface area (Å²) in [6.07, 6.45) is 0. The second-order valence-corrected chi connectivity index (χ2v) is 4.52. The Kier molecular flexibility index (Phi) is 2.42. The number of benzene rings is 1. The molecule has 3 rings (SSSR count). The third kappa shape index (κ3) is 1.72. The van der Waals surface area contributed by atoms with E-state index >= 15 is 0 Å². The highest BCUT2D eigenvalue weighted by Crippen LogP contribution is 2.35. The molecule has 3 aromatic rings. The number of nitrogen functional groups attached to an aromatic ring is 1. The average molecular weight is 241 g/mol. The summed E-state index contributed by atoms with van der Waals surface area (Å²) in [7, 11) is 0. The van der Waals surface area contributed by atoms with Gasteiger partial charge in [0.05, 0.1) is 11.3 Å². The summed E-state index contributed by atoms with van der Waals surface area (Å²) < 4.78 is 0. The van der Waals surface area contributed by atoms with Gasteiger partial charge in [0.1, 0.15) is 0 Å². The topological polar surface area (TPSA) is 54.7 Å². The normalized spacial score (nSPS) is 10.6. The molecule has 0 fully saturated rings. The molecule has 0 aliphatic heterocycles. The summed E-state index contributed by atoms with van der Waals surface area (Å²) in [5.41, 5.74) is 10.1. The van der Waals surface area contributed by atoms with Gasteiger partial charge in [-0.05, 0) is 17.0 Å². The molecule has 0 spiro atoms. The zero-order chi connectivity index (χ0) is 11.7. The van der Waals surface area contributed by atoms with Gasteiger partial charge in [-0.1, -0.05) is 30.3 Å². The van der Waals surface area contributed by atoms with Crippen molar-refractivity contribution in [1.82, 2.24) is 10.2 Å². The first-order valence-corrected chi connectivity index (χ1v) is 6.22. The maximum atomic E-state index is 5.94. The van der Waals surface area contributed by atoms with Crippen molar-refractivity contribution < 1.29 is 0 Å². The molecule has 4 heteroatoms. The van der Waals surface area contributed by atoms with E-state index in [4.69, 9.17) is 5.73 Å². The number of thiophene rings is 1. The minimum Gasteiger partial charge on any atom is -0.382 e. The van der Waals surface area contributed by atoms with Crippen LogP contribution >= 0.6 is 11.3 Å². The predicted molar refractivity (Wildman–Crippen MR) is 71.7 cm³/mol. The smallest absolute Gasteiger partial charge is 0.153 e. The molecule has 0 saturated heterocycles. The Hall–Kier alpha value is -2.07. The van der Waals surface area contributed by atoms with Gasteiger partial charge in [-0.25, -0.2) is 0 Å². The van der Waals surface area contributed by atoms with E-state index in [1.54, 1.807) is 11.3 Å². The highest BCUT2D eigenvalue weighted by Gasteiger charge is 2.14.